The standard InChI is InChI=1S/C18H17F3N2O2/c19-18(20,21)11-25-17-15(5-2-8-22-17)10-23-16(24)14-7-6-12-3-1-4-13(12)9-14/h2,5-9H,1,3-4,10-11H2,(H,23,24). The first-order valence-electron chi connectivity index (χ1n) is 7.96. The Labute approximate surface area is 143 Å². The van der Waals surface area contributed by atoms with E-state index in [1.165, 1.54) is 17.3 Å². The van der Waals surface area contributed by atoms with Gasteiger partial charge >= 0.3 is 6.18 Å². The second-order valence-corrected chi connectivity index (χ2v) is 5.89. The summed E-state index contributed by atoms with van der Waals surface area (Å²) in [5, 5.41) is 2.70. The minimum absolute atomic E-state index is 0.0386. The first-order chi connectivity index (χ1) is 11.9. The van der Waals surface area contributed by atoms with Gasteiger partial charge in [-0.2, -0.15) is 13.2 Å². The molecule has 1 aromatic heterocycles. The Morgan fingerprint density at radius 1 is 1.20 bits per heavy atom. The number of aryl methyl sites for hydroxylation is 2. The van der Waals surface area contributed by atoms with Crippen LogP contribution in [0.15, 0.2) is 36.5 Å². The number of ether oxygens (including phenoxy) is 1. The molecule has 7 heteroatoms. The van der Waals surface area contributed by atoms with Crippen molar-refractivity contribution in [3.63, 3.8) is 0 Å². The molecule has 4 nitrogen and oxygen atoms in total. The number of nitrogens with one attached hydrogen (secondary N) is 1. The molecule has 0 fully saturated rings. The Kier molecular flexibility index (Phi) is 4.92. The van der Waals surface area contributed by atoms with Gasteiger partial charge in [-0.05, 0) is 48.6 Å². The van der Waals surface area contributed by atoms with Crippen molar-refractivity contribution in [1.29, 1.82) is 0 Å². The summed E-state index contributed by atoms with van der Waals surface area (Å²) in [6.45, 7) is -1.38. The van der Waals surface area contributed by atoms with Crippen LogP contribution in [0.4, 0.5) is 13.2 Å². The zero-order valence-electron chi connectivity index (χ0n) is 13.4. The monoisotopic (exact) mass is 350 g/mol. The molecule has 25 heavy (non-hydrogen) atoms. The fraction of sp³-hybridized carbons (Fsp3) is 0.333. The van der Waals surface area contributed by atoms with Crippen molar-refractivity contribution in [3.05, 3.63) is 58.8 Å². The number of carbonyl (C=O) groups is 1. The quantitative estimate of drug-likeness (QED) is 0.899. The van der Waals surface area contributed by atoms with E-state index in [1.54, 1.807) is 18.2 Å². The van der Waals surface area contributed by atoms with E-state index < -0.39 is 12.8 Å². The summed E-state index contributed by atoms with van der Waals surface area (Å²) in [7, 11) is 0. The molecule has 0 atom stereocenters. The molecule has 0 aliphatic heterocycles. The number of hydrogen-bond acceptors (Lipinski definition) is 3. The number of fused-ring (bicyclic) bond motifs is 1. The van der Waals surface area contributed by atoms with Crippen LogP contribution in [0.5, 0.6) is 5.88 Å². The van der Waals surface area contributed by atoms with Crippen LogP contribution in [0.1, 0.15) is 33.5 Å². The van der Waals surface area contributed by atoms with Gasteiger partial charge < -0.3 is 10.1 Å². The highest BCUT2D eigenvalue weighted by molar-refractivity contribution is 5.94. The van der Waals surface area contributed by atoms with Gasteiger partial charge in [-0.1, -0.05) is 12.1 Å². The number of amides is 1. The molecule has 1 amide bonds. The van der Waals surface area contributed by atoms with Gasteiger partial charge in [0, 0.05) is 23.9 Å². The number of aromatic nitrogens is 1. The smallest absolute Gasteiger partial charge is 0.422 e. The van der Waals surface area contributed by atoms with E-state index in [-0.39, 0.29) is 18.3 Å². The molecule has 0 saturated heterocycles. The fourth-order valence-corrected chi connectivity index (χ4v) is 2.83. The van der Waals surface area contributed by atoms with Crippen molar-refractivity contribution in [2.45, 2.75) is 32.0 Å². The van der Waals surface area contributed by atoms with Crippen molar-refractivity contribution in [3.8, 4) is 5.88 Å². The van der Waals surface area contributed by atoms with Crippen LogP contribution in [-0.2, 0) is 19.4 Å². The van der Waals surface area contributed by atoms with Crippen LogP contribution in [0.25, 0.3) is 0 Å². The van der Waals surface area contributed by atoms with Gasteiger partial charge in [0.15, 0.2) is 6.61 Å². The Bertz CT molecular complexity index is 775. The number of hydrogen-bond donors (Lipinski definition) is 1. The van der Waals surface area contributed by atoms with E-state index in [2.05, 4.69) is 10.3 Å². The molecular weight excluding hydrogens is 333 g/mol. The van der Waals surface area contributed by atoms with Crippen LogP contribution in [0, 0.1) is 0 Å². The lowest BCUT2D eigenvalue weighted by atomic mass is 10.1. The lowest BCUT2D eigenvalue weighted by molar-refractivity contribution is -0.154. The van der Waals surface area contributed by atoms with E-state index in [1.807, 2.05) is 12.1 Å². The van der Waals surface area contributed by atoms with Crippen molar-refractivity contribution in [2.24, 2.45) is 0 Å². The molecule has 132 valence electrons. The van der Waals surface area contributed by atoms with Gasteiger partial charge in [-0.25, -0.2) is 4.98 Å². The lowest BCUT2D eigenvalue weighted by Gasteiger charge is -2.12. The average Bonchev–Trinajstić information content (AvgIpc) is 3.05. The number of carbonyl (C=O) groups excluding carboxylic acids is 1. The summed E-state index contributed by atoms with van der Waals surface area (Å²) < 4.78 is 41.6. The summed E-state index contributed by atoms with van der Waals surface area (Å²) >= 11 is 0. The van der Waals surface area contributed by atoms with Gasteiger partial charge in [0.2, 0.25) is 5.88 Å². The SMILES string of the molecule is O=C(NCc1cccnc1OCC(F)(F)F)c1ccc2c(c1)CCC2. The predicted octanol–water partition coefficient (Wildman–Crippen LogP) is 3.44. The van der Waals surface area contributed by atoms with Gasteiger partial charge in [-0.15, -0.1) is 0 Å². The van der Waals surface area contributed by atoms with Crippen LogP contribution >= 0.6 is 0 Å². The second kappa shape index (κ2) is 7.13. The van der Waals surface area contributed by atoms with Gasteiger partial charge in [0.05, 0.1) is 0 Å². The van der Waals surface area contributed by atoms with E-state index in [0.717, 1.165) is 19.3 Å². The van der Waals surface area contributed by atoms with Crippen molar-refractivity contribution in [1.82, 2.24) is 10.3 Å². The van der Waals surface area contributed by atoms with E-state index in [4.69, 9.17) is 4.74 Å². The first-order valence-corrected chi connectivity index (χ1v) is 7.96. The lowest BCUT2D eigenvalue weighted by Crippen LogP contribution is -2.24. The topological polar surface area (TPSA) is 51.2 Å². The highest BCUT2D eigenvalue weighted by Gasteiger charge is 2.29. The van der Waals surface area contributed by atoms with E-state index >= 15 is 0 Å². The zero-order valence-corrected chi connectivity index (χ0v) is 13.4. The molecule has 0 bridgehead atoms. The zero-order chi connectivity index (χ0) is 17.9. The molecule has 1 aromatic carbocycles. The molecule has 0 unspecified atom stereocenters. The Morgan fingerprint density at radius 2 is 2.00 bits per heavy atom. The van der Waals surface area contributed by atoms with Crippen molar-refractivity contribution in [2.75, 3.05) is 6.61 Å². The normalized spacial score (nSPS) is 13.4. The minimum atomic E-state index is -4.44. The second-order valence-electron chi connectivity index (χ2n) is 5.89. The van der Waals surface area contributed by atoms with Crippen LogP contribution in [0.2, 0.25) is 0 Å². The molecule has 0 spiro atoms. The molecule has 1 aliphatic carbocycles. The number of nitrogens with zero attached hydrogens (tertiary/aromatic N) is 1. The number of pyridine rings is 1. The molecule has 2 aromatic rings. The molecule has 0 radical (unpaired) electrons. The van der Waals surface area contributed by atoms with Crippen LogP contribution in [-0.4, -0.2) is 23.7 Å². The average molecular weight is 350 g/mol. The van der Waals surface area contributed by atoms with Crippen LogP contribution in [0.3, 0.4) is 0 Å². The fourth-order valence-electron chi connectivity index (χ4n) is 2.83. The van der Waals surface area contributed by atoms with E-state index in [9.17, 15) is 18.0 Å². The summed E-state index contributed by atoms with van der Waals surface area (Å²) in [5.41, 5.74) is 3.39. The molecule has 1 aliphatic rings. The Hall–Kier alpha value is -2.57. The Balaban J connectivity index is 1.64. The molecule has 1 N–H and O–H groups in total. The number of rotatable bonds is 5. The van der Waals surface area contributed by atoms with E-state index in [0.29, 0.717) is 11.1 Å². The number of halogens is 3. The summed E-state index contributed by atoms with van der Waals surface area (Å²) in [4.78, 5) is 16.1. The van der Waals surface area contributed by atoms with Crippen LogP contribution < -0.4 is 10.1 Å². The Morgan fingerprint density at radius 3 is 2.80 bits per heavy atom. The van der Waals surface area contributed by atoms with Crippen molar-refractivity contribution >= 4 is 5.91 Å². The van der Waals surface area contributed by atoms with Gasteiger partial charge in [-0.3, -0.25) is 4.79 Å². The molecule has 1 heterocycles. The third-order valence-electron chi connectivity index (χ3n) is 4.02. The maximum Gasteiger partial charge on any atom is 0.422 e. The maximum absolute atomic E-state index is 12.3. The predicted molar refractivity (Wildman–Crippen MR) is 85.4 cm³/mol. The largest absolute Gasteiger partial charge is 0.468 e. The van der Waals surface area contributed by atoms with Crippen molar-refractivity contribution < 1.29 is 22.7 Å². The third kappa shape index (κ3) is 4.49. The first kappa shape index (κ1) is 17.3. The highest BCUT2D eigenvalue weighted by atomic mass is 19.4. The third-order valence-corrected chi connectivity index (χ3v) is 4.02. The van der Waals surface area contributed by atoms with Gasteiger partial charge in [0.1, 0.15) is 0 Å². The molecular formula is C18H17F3N2O2. The molecule has 3 rings (SSSR count). The van der Waals surface area contributed by atoms with Gasteiger partial charge in [0.25, 0.3) is 5.91 Å². The number of alkyl halides is 3. The summed E-state index contributed by atoms with van der Waals surface area (Å²) in [5.74, 6) is -0.408. The molecule has 0 saturated carbocycles. The minimum Gasteiger partial charge on any atom is -0.468 e. The maximum atomic E-state index is 12.3. The summed E-state index contributed by atoms with van der Waals surface area (Å²) in [6, 6.07) is 8.75. The summed E-state index contributed by atoms with van der Waals surface area (Å²) in [6.07, 6.45) is -0.00269. The highest BCUT2D eigenvalue weighted by Crippen LogP contribution is 2.23. The number of benzene rings is 1.